The first-order chi connectivity index (χ1) is 8.65. The predicted octanol–water partition coefficient (Wildman–Crippen LogP) is -0.892. The quantitative estimate of drug-likeness (QED) is 0.200. The minimum Gasteiger partial charge on any atom is -0.477 e. The molecular weight excluding hydrogens is 258 g/mol. The Kier molecular flexibility index (Phi) is 3.51. The standard InChI is InChI=1S/C9H11N5O3S/c10-11-4-13-12-2-5-3-18-7-1-6(15)14(7)8(5)9(16)17/h2,4,7H,1,3,10H2,(H,11,13)(H,16,17)/t7-/m0/s1. The van der Waals surface area contributed by atoms with Crippen LogP contribution in [-0.4, -0.2) is 45.6 Å². The van der Waals surface area contributed by atoms with E-state index in [-0.39, 0.29) is 17.0 Å². The van der Waals surface area contributed by atoms with E-state index in [0.29, 0.717) is 17.7 Å². The van der Waals surface area contributed by atoms with Crippen LogP contribution in [-0.2, 0) is 9.59 Å². The topological polar surface area (TPSA) is 120 Å². The minimum atomic E-state index is -1.12. The first-order valence-corrected chi connectivity index (χ1v) is 6.10. The lowest BCUT2D eigenvalue weighted by atomic mass is 10.1. The first-order valence-electron chi connectivity index (χ1n) is 5.05. The van der Waals surface area contributed by atoms with Crippen molar-refractivity contribution < 1.29 is 14.7 Å². The molecule has 0 spiro atoms. The Morgan fingerprint density at radius 2 is 2.44 bits per heavy atom. The Bertz CT molecular complexity index is 473. The van der Waals surface area contributed by atoms with Crippen molar-refractivity contribution in [1.29, 1.82) is 0 Å². The molecule has 2 aliphatic rings. The molecular formula is C9H11N5O3S. The van der Waals surface area contributed by atoms with Gasteiger partial charge < -0.3 is 10.9 Å². The van der Waals surface area contributed by atoms with Gasteiger partial charge in [0.2, 0.25) is 5.91 Å². The largest absolute Gasteiger partial charge is 0.477 e. The third kappa shape index (κ3) is 2.16. The van der Waals surface area contributed by atoms with E-state index in [9.17, 15) is 9.59 Å². The number of hydrogen-bond donors (Lipinski definition) is 3. The summed E-state index contributed by atoms with van der Waals surface area (Å²) in [5.74, 6) is 4.06. The van der Waals surface area contributed by atoms with Gasteiger partial charge in [-0.2, -0.15) is 10.2 Å². The van der Waals surface area contributed by atoms with Crippen molar-refractivity contribution in [2.75, 3.05) is 5.75 Å². The summed E-state index contributed by atoms with van der Waals surface area (Å²) >= 11 is 1.52. The van der Waals surface area contributed by atoms with Crippen LogP contribution >= 0.6 is 11.8 Å². The zero-order valence-electron chi connectivity index (χ0n) is 9.24. The number of nitrogens with two attached hydrogens (primary N) is 1. The van der Waals surface area contributed by atoms with E-state index in [1.165, 1.54) is 22.9 Å². The summed E-state index contributed by atoms with van der Waals surface area (Å²) < 4.78 is 0. The van der Waals surface area contributed by atoms with E-state index in [1.54, 1.807) is 0 Å². The van der Waals surface area contributed by atoms with Crippen LogP contribution in [0.5, 0.6) is 0 Å². The zero-order valence-corrected chi connectivity index (χ0v) is 10.1. The van der Waals surface area contributed by atoms with Crippen LogP contribution in [0.3, 0.4) is 0 Å². The van der Waals surface area contributed by atoms with E-state index in [0.717, 1.165) is 6.34 Å². The SMILES string of the molecule is NN=CNN=CC1=C(C(=O)O)N2C(=O)C[C@@H]2SC1. The number of rotatable bonds is 4. The third-order valence-corrected chi connectivity index (χ3v) is 3.75. The number of β-lactam (4-membered cyclic amide) rings is 1. The summed E-state index contributed by atoms with van der Waals surface area (Å²) in [5, 5.41) is 16.0. The maximum absolute atomic E-state index is 11.4. The molecule has 0 bridgehead atoms. The number of carboxylic acid groups (broad SMARTS) is 1. The van der Waals surface area contributed by atoms with Crippen LogP contribution < -0.4 is 11.3 Å². The molecule has 8 nitrogen and oxygen atoms in total. The summed E-state index contributed by atoms with van der Waals surface area (Å²) in [4.78, 5) is 23.9. The molecule has 1 atom stereocenters. The van der Waals surface area contributed by atoms with Gasteiger partial charge in [0, 0.05) is 11.3 Å². The Morgan fingerprint density at radius 1 is 1.67 bits per heavy atom. The van der Waals surface area contributed by atoms with Crippen LogP contribution in [0.4, 0.5) is 0 Å². The predicted molar refractivity (Wildman–Crippen MR) is 66.7 cm³/mol. The summed E-state index contributed by atoms with van der Waals surface area (Å²) in [6, 6.07) is 0. The molecule has 18 heavy (non-hydrogen) atoms. The summed E-state index contributed by atoms with van der Waals surface area (Å²) in [6.07, 6.45) is 2.91. The van der Waals surface area contributed by atoms with E-state index < -0.39 is 5.97 Å². The average Bonchev–Trinajstić information content (AvgIpc) is 2.33. The van der Waals surface area contributed by atoms with Crippen molar-refractivity contribution in [1.82, 2.24) is 10.3 Å². The lowest BCUT2D eigenvalue weighted by Crippen LogP contribution is -2.54. The van der Waals surface area contributed by atoms with Crippen molar-refractivity contribution in [3.63, 3.8) is 0 Å². The van der Waals surface area contributed by atoms with Gasteiger partial charge in [-0.15, -0.1) is 11.8 Å². The summed E-state index contributed by atoms with van der Waals surface area (Å²) in [6.45, 7) is 0. The highest BCUT2D eigenvalue weighted by molar-refractivity contribution is 8.00. The molecule has 0 saturated carbocycles. The number of nitrogens with one attached hydrogen (secondary N) is 1. The number of nitrogens with zero attached hydrogens (tertiary/aromatic N) is 3. The molecule has 96 valence electrons. The molecule has 0 unspecified atom stereocenters. The normalized spacial score (nSPS) is 23.4. The number of aliphatic carboxylic acids is 1. The van der Waals surface area contributed by atoms with E-state index in [1.807, 2.05) is 0 Å². The molecule has 0 radical (unpaired) electrons. The van der Waals surface area contributed by atoms with Gasteiger partial charge in [0.05, 0.1) is 18.0 Å². The molecule has 0 aliphatic carbocycles. The number of amides is 1. The number of hydrogen-bond acceptors (Lipinski definition) is 6. The maximum atomic E-state index is 11.4. The number of carboxylic acids is 1. The Labute approximate surface area is 107 Å². The fourth-order valence-electron chi connectivity index (χ4n) is 1.72. The van der Waals surface area contributed by atoms with E-state index in [4.69, 9.17) is 10.9 Å². The molecule has 4 N–H and O–H groups in total. The fourth-order valence-corrected chi connectivity index (χ4v) is 2.93. The van der Waals surface area contributed by atoms with Gasteiger partial charge in [-0.05, 0) is 0 Å². The van der Waals surface area contributed by atoms with Crippen LogP contribution in [0.15, 0.2) is 21.5 Å². The monoisotopic (exact) mass is 269 g/mol. The van der Waals surface area contributed by atoms with Crippen molar-refractivity contribution >= 4 is 36.2 Å². The first kappa shape index (κ1) is 12.4. The minimum absolute atomic E-state index is 0.00485. The second-order valence-electron chi connectivity index (χ2n) is 3.58. The van der Waals surface area contributed by atoms with Gasteiger partial charge in [0.15, 0.2) is 0 Å². The van der Waals surface area contributed by atoms with Crippen molar-refractivity contribution in [2.24, 2.45) is 16.0 Å². The highest BCUT2D eigenvalue weighted by Gasteiger charge is 2.44. The van der Waals surface area contributed by atoms with Crippen LogP contribution in [0.1, 0.15) is 6.42 Å². The van der Waals surface area contributed by atoms with Crippen molar-refractivity contribution in [3.05, 3.63) is 11.3 Å². The fraction of sp³-hybridized carbons (Fsp3) is 0.333. The molecule has 0 aromatic rings. The van der Waals surface area contributed by atoms with Gasteiger partial charge in [0.1, 0.15) is 12.0 Å². The molecule has 2 rings (SSSR count). The van der Waals surface area contributed by atoms with E-state index >= 15 is 0 Å². The van der Waals surface area contributed by atoms with Crippen LogP contribution in [0, 0.1) is 0 Å². The Hall–Kier alpha value is -2.03. The lowest BCUT2D eigenvalue weighted by molar-refractivity contribution is -0.146. The summed E-state index contributed by atoms with van der Waals surface area (Å²) in [7, 11) is 0. The number of carbonyl (C=O) groups excluding carboxylic acids is 1. The molecule has 9 heteroatoms. The second kappa shape index (κ2) is 5.08. The molecule has 0 aromatic heterocycles. The number of carbonyl (C=O) groups is 2. The Morgan fingerprint density at radius 3 is 3.06 bits per heavy atom. The van der Waals surface area contributed by atoms with Gasteiger partial charge in [0.25, 0.3) is 0 Å². The molecule has 2 aliphatic heterocycles. The van der Waals surface area contributed by atoms with Gasteiger partial charge in [-0.25, -0.2) is 4.79 Å². The van der Waals surface area contributed by atoms with Crippen LogP contribution in [0.25, 0.3) is 0 Å². The molecule has 0 aromatic carbocycles. The number of fused-ring (bicyclic) bond motifs is 1. The van der Waals surface area contributed by atoms with Crippen LogP contribution in [0.2, 0.25) is 0 Å². The van der Waals surface area contributed by atoms with Gasteiger partial charge in [-0.1, -0.05) is 0 Å². The maximum Gasteiger partial charge on any atom is 0.353 e. The smallest absolute Gasteiger partial charge is 0.353 e. The van der Waals surface area contributed by atoms with Gasteiger partial charge >= 0.3 is 5.97 Å². The third-order valence-electron chi connectivity index (χ3n) is 2.51. The lowest BCUT2D eigenvalue weighted by Gasteiger charge is -2.43. The van der Waals surface area contributed by atoms with Crippen molar-refractivity contribution in [2.45, 2.75) is 11.8 Å². The number of hydrazone groups is 2. The second-order valence-corrected chi connectivity index (χ2v) is 4.74. The molecule has 1 saturated heterocycles. The highest BCUT2D eigenvalue weighted by Crippen LogP contribution is 2.39. The molecule has 1 amide bonds. The molecule has 2 heterocycles. The van der Waals surface area contributed by atoms with Crippen molar-refractivity contribution in [3.8, 4) is 0 Å². The number of thioether (sulfide) groups is 1. The zero-order chi connectivity index (χ0) is 13.1. The van der Waals surface area contributed by atoms with E-state index in [2.05, 4.69) is 15.6 Å². The highest BCUT2D eigenvalue weighted by atomic mass is 32.2. The van der Waals surface area contributed by atoms with Gasteiger partial charge in [-0.3, -0.25) is 15.1 Å². The molecule has 1 fully saturated rings. The summed E-state index contributed by atoms with van der Waals surface area (Å²) in [5.41, 5.74) is 2.90. The Balaban J connectivity index is 2.23. The average molecular weight is 269 g/mol.